The van der Waals surface area contributed by atoms with E-state index in [0.29, 0.717) is 0 Å². The monoisotopic (exact) mass is 226 g/mol. The highest BCUT2D eigenvalue weighted by atomic mass is 16.5. The van der Waals surface area contributed by atoms with E-state index in [1.54, 1.807) is 0 Å². The lowest BCUT2D eigenvalue weighted by atomic mass is 9.94. The van der Waals surface area contributed by atoms with Crippen LogP contribution in [0.15, 0.2) is 0 Å². The summed E-state index contributed by atoms with van der Waals surface area (Å²) in [5.41, 5.74) is 0. The Morgan fingerprint density at radius 2 is 2.00 bits per heavy atom. The minimum absolute atomic E-state index is 0.737. The molecule has 94 valence electrons. The molecular weight excluding hydrogens is 200 g/mol. The Kier molecular flexibility index (Phi) is 4.62. The SMILES string of the molecule is CNC1CCN(CC2CCOCC2)C(C)C1. The van der Waals surface area contributed by atoms with E-state index in [2.05, 4.69) is 24.2 Å². The van der Waals surface area contributed by atoms with Gasteiger partial charge in [0, 0.05) is 31.8 Å². The third-order valence-corrected chi connectivity index (χ3v) is 4.26. The first-order valence-electron chi connectivity index (χ1n) is 6.78. The Balaban J connectivity index is 1.76. The van der Waals surface area contributed by atoms with Crippen LogP contribution in [0.2, 0.25) is 0 Å². The van der Waals surface area contributed by atoms with Crippen molar-refractivity contribution in [3.63, 3.8) is 0 Å². The standard InChI is InChI=1S/C13H26N2O/c1-11-9-13(14-2)3-6-15(11)10-12-4-7-16-8-5-12/h11-14H,3-10H2,1-2H3. The average molecular weight is 226 g/mol. The first kappa shape index (κ1) is 12.3. The highest BCUT2D eigenvalue weighted by Gasteiger charge is 2.26. The molecule has 1 N–H and O–H groups in total. The zero-order valence-corrected chi connectivity index (χ0v) is 10.7. The molecule has 2 aliphatic heterocycles. The largest absolute Gasteiger partial charge is 0.381 e. The maximum atomic E-state index is 5.42. The summed E-state index contributed by atoms with van der Waals surface area (Å²) in [5, 5.41) is 3.41. The van der Waals surface area contributed by atoms with Crippen LogP contribution < -0.4 is 5.32 Å². The molecule has 0 amide bonds. The minimum Gasteiger partial charge on any atom is -0.381 e. The number of hydrogen-bond acceptors (Lipinski definition) is 3. The van der Waals surface area contributed by atoms with Crippen molar-refractivity contribution in [2.24, 2.45) is 5.92 Å². The maximum Gasteiger partial charge on any atom is 0.0469 e. The lowest BCUT2D eigenvalue weighted by molar-refractivity contribution is 0.0378. The van der Waals surface area contributed by atoms with Crippen LogP contribution in [0.4, 0.5) is 0 Å². The first-order valence-corrected chi connectivity index (χ1v) is 6.78. The molecular formula is C13H26N2O. The second-order valence-electron chi connectivity index (χ2n) is 5.41. The third kappa shape index (κ3) is 3.19. The summed E-state index contributed by atoms with van der Waals surface area (Å²) in [6.07, 6.45) is 5.14. The molecule has 0 aromatic rings. The molecule has 0 aromatic heterocycles. The summed E-state index contributed by atoms with van der Waals surface area (Å²) in [6, 6.07) is 1.48. The van der Waals surface area contributed by atoms with Crippen LogP contribution in [0.5, 0.6) is 0 Å². The average Bonchev–Trinajstić information content (AvgIpc) is 2.33. The van der Waals surface area contributed by atoms with Gasteiger partial charge in [0.25, 0.3) is 0 Å². The highest BCUT2D eigenvalue weighted by molar-refractivity contribution is 4.83. The summed E-state index contributed by atoms with van der Waals surface area (Å²) >= 11 is 0. The van der Waals surface area contributed by atoms with E-state index in [0.717, 1.165) is 31.2 Å². The summed E-state index contributed by atoms with van der Waals surface area (Å²) in [4.78, 5) is 2.68. The Morgan fingerprint density at radius 1 is 1.25 bits per heavy atom. The second kappa shape index (κ2) is 5.99. The van der Waals surface area contributed by atoms with Gasteiger partial charge in [-0.05, 0) is 52.1 Å². The number of ether oxygens (including phenoxy) is 1. The number of piperidine rings is 1. The van der Waals surface area contributed by atoms with Gasteiger partial charge in [0.2, 0.25) is 0 Å². The van der Waals surface area contributed by atoms with E-state index in [-0.39, 0.29) is 0 Å². The second-order valence-corrected chi connectivity index (χ2v) is 5.41. The minimum atomic E-state index is 0.737. The van der Waals surface area contributed by atoms with E-state index in [1.807, 2.05) is 0 Å². The van der Waals surface area contributed by atoms with Crippen molar-refractivity contribution in [2.45, 2.75) is 44.7 Å². The Bertz CT molecular complexity index is 204. The van der Waals surface area contributed by atoms with Crippen LogP contribution in [-0.2, 0) is 4.74 Å². The van der Waals surface area contributed by atoms with Gasteiger partial charge >= 0.3 is 0 Å². The van der Waals surface area contributed by atoms with Crippen LogP contribution in [0.3, 0.4) is 0 Å². The van der Waals surface area contributed by atoms with E-state index < -0.39 is 0 Å². The Hall–Kier alpha value is -0.120. The third-order valence-electron chi connectivity index (χ3n) is 4.26. The topological polar surface area (TPSA) is 24.5 Å². The summed E-state index contributed by atoms with van der Waals surface area (Å²) in [7, 11) is 2.09. The summed E-state index contributed by atoms with van der Waals surface area (Å²) in [6.45, 7) is 6.89. The van der Waals surface area contributed by atoms with Gasteiger partial charge in [0.1, 0.15) is 0 Å². The molecule has 2 rings (SSSR count). The summed E-state index contributed by atoms with van der Waals surface area (Å²) in [5.74, 6) is 0.877. The molecule has 0 aromatic carbocycles. The number of hydrogen-bond donors (Lipinski definition) is 1. The molecule has 16 heavy (non-hydrogen) atoms. The van der Waals surface area contributed by atoms with Crippen molar-refractivity contribution in [3.05, 3.63) is 0 Å². The van der Waals surface area contributed by atoms with Crippen LogP contribution in [0.1, 0.15) is 32.6 Å². The van der Waals surface area contributed by atoms with Gasteiger partial charge in [-0.2, -0.15) is 0 Å². The smallest absolute Gasteiger partial charge is 0.0469 e. The molecule has 0 saturated carbocycles. The van der Waals surface area contributed by atoms with Crippen LogP contribution in [-0.4, -0.2) is 50.3 Å². The molecule has 0 bridgehead atoms. The van der Waals surface area contributed by atoms with Crippen molar-refractivity contribution in [2.75, 3.05) is 33.4 Å². The van der Waals surface area contributed by atoms with Crippen molar-refractivity contribution < 1.29 is 4.74 Å². The number of nitrogens with zero attached hydrogens (tertiary/aromatic N) is 1. The highest BCUT2D eigenvalue weighted by Crippen LogP contribution is 2.22. The number of rotatable bonds is 3. The van der Waals surface area contributed by atoms with Crippen molar-refractivity contribution >= 4 is 0 Å². The lowest BCUT2D eigenvalue weighted by Crippen LogP contribution is -2.48. The van der Waals surface area contributed by atoms with Crippen molar-refractivity contribution in [1.29, 1.82) is 0 Å². The number of nitrogens with one attached hydrogen (secondary N) is 1. The fraction of sp³-hybridized carbons (Fsp3) is 1.00. The molecule has 0 aliphatic carbocycles. The van der Waals surface area contributed by atoms with Crippen LogP contribution in [0.25, 0.3) is 0 Å². The zero-order valence-electron chi connectivity index (χ0n) is 10.7. The summed E-state index contributed by atoms with van der Waals surface area (Å²) < 4.78 is 5.42. The molecule has 2 saturated heterocycles. The molecule has 3 heteroatoms. The van der Waals surface area contributed by atoms with Gasteiger partial charge < -0.3 is 15.0 Å². The van der Waals surface area contributed by atoms with Gasteiger partial charge in [0.15, 0.2) is 0 Å². The molecule has 3 nitrogen and oxygen atoms in total. The zero-order chi connectivity index (χ0) is 11.4. The Labute approximate surface area is 99.5 Å². The van der Waals surface area contributed by atoms with Gasteiger partial charge in [0.05, 0.1) is 0 Å². The van der Waals surface area contributed by atoms with E-state index in [4.69, 9.17) is 4.74 Å². The van der Waals surface area contributed by atoms with Crippen LogP contribution in [0, 0.1) is 5.92 Å². The first-order chi connectivity index (χ1) is 7.79. The molecule has 2 unspecified atom stereocenters. The lowest BCUT2D eigenvalue weighted by Gasteiger charge is -2.40. The number of likely N-dealkylation sites (tertiary alicyclic amines) is 1. The molecule has 2 atom stereocenters. The van der Waals surface area contributed by atoms with Crippen molar-refractivity contribution in [1.82, 2.24) is 10.2 Å². The molecule has 0 spiro atoms. The normalized spacial score (nSPS) is 34.1. The van der Waals surface area contributed by atoms with Gasteiger partial charge in [-0.1, -0.05) is 0 Å². The fourth-order valence-electron chi connectivity index (χ4n) is 3.01. The van der Waals surface area contributed by atoms with Crippen LogP contribution >= 0.6 is 0 Å². The Morgan fingerprint density at radius 3 is 2.62 bits per heavy atom. The van der Waals surface area contributed by atoms with Gasteiger partial charge in [-0.25, -0.2) is 0 Å². The molecule has 0 radical (unpaired) electrons. The van der Waals surface area contributed by atoms with E-state index in [1.165, 1.54) is 38.8 Å². The molecule has 2 aliphatic rings. The molecule has 2 heterocycles. The predicted molar refractivity (Wildman–Crippen MR) is 66.7 cm³/mol. The van der Waals surface area contributed by atoms with Crippen molar-refractivity contribution in [3.8, 4) is 0 Å². The maximum absolute atomic E-state index is 5.42. The quantitative estimate of drug-likeness (QED) is 0.789. The fourth-order valence-corrected chi connectivity index (χ4v) is 3.01. The van der Waals surface area contributed by atoms with E-state index >= 15 is 0 Å². The van der Waals surface area contributed by atoms with E-state index in [9.17, 15) is 0 Å². The predicted octanol–water partition coefficient (Wildman–Crippen LogP) is 1.49. The molecule has 2 fully saturated rings. The van der Waals surface area contributed by atoms with Gasteiger partial charge in [-0.3, -0.25) is 0 Å². The van der Waals surface area contributed by atoms with Gasteiger partial charge in [-0.15, -0.1) is 0 Å².